The van der Waals surface area contributed by atoms with Crippen LogP contribution in [0.15, 0.2) is 137 Å². The number of hydrogen-bond donors (Lipinski definition) is 0. The lowest BCUT2D eigenvalue weighted by atomic mass is 9.85. The highest BCUT2D eigenvalue weighted by atomic mass is 32.2. The molecule has 0 radical (unpaired) electrons. The van der Waals surface area contributed by atoms with E-state index in [0.717, 1.165) is 17.8 Å². The minimum atomic E-state index is 0.884. The van der Waals surface area contributed by atoms with Crippen molar-refractivity contribution >= 4 is 55.1 Å². The molecule has 0 amide bonds. The molecule has 9 rings (SSSR count). The number of nitrogens with zero attached hydrogens (tertiary/aromatic N) is 2. The Bertz CT molecular complexity index is 2320. The van der Waals surface area contributed by atoms with Crippen molar-refractivity contribution in [2.75, 3.05) is 0 Å². The monoisotopic (exact) mass is 554 g/mol. The van der Waals surface area contributed by atoms with Crippen LogP contribution in [-0.4, -0.2) is 9.55 Å². The molecule has 0 spiro atoms. The second-order valence-corrected chi connectivity index (χ2v) is 12.1. The number of benzene rings is 7. The molecule has 0 fully saturated rings. The molecule has 0 N–H and O–H groups in total. The normalized spacial score (nSPS) is 12.4. The van der Waals surface area contributed by atoms with Crippen molar-refractivity contribution in [3.05, 3.63) is 133 Å². The maximum absolute atomic E-state index is 5.02. The summed E-state index contributed by atoms with van der Waals surface area (Å²) < 4.78 is 2.40. The fourth-order valence-corrected chi connectivity index (χ4v) is 7.94. The zero-order valence-corrected chi connectivity index (χ0v) is 24.0. The first-order valence-corrected chi connectivity index (χ1v) is 15.4. The smallest absolute Gasteiger partial charge is 0.114 e. The number of para-hydroxylation sites is 1. The summed E-state index contributed by atoms with van der Waals surface area (Å²) in [5.41, 5.74) is 8.58. The van der Waals surface area contributed by atoms with E-state index in [1.54, 1.807) is 0 Å². The Balaban J connectivity index is 1.35. The van der Waals surface area contributed by atoms with E-state index in [4.69, 9.17) is 4.98 Å². The van der Waals surface area contributed by atoms with Crippen molar-refractivity contribution in [1.29, 1.82) is 0 Å². The van der Waals surface area contributed by atoms with Gasteiger partial charge in [-0.1, -0.05) is 116 Å². The maximum atomic E-state index is 5.02. The molecule has 0 atom stereocenters. The highest BCUT2D eigenvalue weighted by molar-refractivity contribution is 7.99. The van der Waals surface area contributed by atoms with Crippen molar-refractivity contribution < 1.29 is 0 Å². The van der Waals surface area contributed by atoms with Gasteiger partial charge in [0.15, 0.2) is 0 Å². The van der Waals surface area contributed by atoms with E-state index in [1.807, 2.05) is 11.8 Å². The number of imidazole rings is 1. The van der Waals surface area contributed by atoms with Gasteiger partial charge in [-0.2, -0.15) is 0 Å². The first kappa shape index (κ1) is 23.8. The van der Waals surface area contributed by atoms with Gasteiger partial charge in [-0.05, 0) is 84.9 Å². The van der Waals surface area contributed by atoms with E-state index in [2.05, 4.69) is 139 Å². The molecule has 3 heteroatoms. The molecule has 7 aromatic carbocycles. The lowest BCUT2D eigenvalue weighted by Crippen LogP contribution is -2.06. The summed E-state index contributed by atoms with van der Waals surface area (Å²) >= 11 is 1.85. The highest BCUT2D eigenvalue weighted by Gasteiger charge is 2.24. The van der Waals surface area contributed by atoms with Crippen molar-refractivity contribution in [3.8, 4) is 27.9 Å². The topological polar surface area (TPSA) is 17.8 Å². The van der Waals surface area contributed by atoms with Crippen LogP contribution in [0.4, 0.5) is 0 Å². The highest BCUT2D eigenvalue weighted by Crippen LogP contribution is 2.48. The lowest BCUT2D eigenvalue weighted by molar-refractivity contribution is 0.888. The Hall–Kier alpha value is -4.86. The van der Waals surface area contributed by atoms with E-state index < -0.39 is 0 Å². The lowest BCUT2D eigenvalue weighted by Gasteiger charge is -2.22. The standard InChI is InChI=1S/C39H26N2S/c1-2-36-40-32-16-9-17-35-39(32)41(36)33-23-27(20-21-34(33)42-35)38-30-14-7-5-12-28(30)37(29-13-6-8-15-31(29)38)26-19-18-24-10-3-4-11-25(24)22-26/h3-23H,2H2,1H3. The Morgan fingerprint density at radius 2 is 1.19 bits per heavy atom. The van der Waals surface area contributed by atoms with E-state index in [1.165, 1.54) is 75.6 Å². The van der Waals surface area contributed by atoms with Crippen LogP contribution in [0.25, 0.3) is 71.3 Å². The fourth-order valence-electron chi connectivity index (χ4n) is 6.87. The van der Waals surface area contributed by atoms with E-state index in [-0.39, 0.29) is 0 Å². The van der Waals surface area contributed by atoms with Crippen LogP contribution >= 0.6 is 11.8 Å². The molecule has 1 aliphatic rings. The molecule has 0 saturated heterocycles. The Labute approximate surface area is 248 Å². The third-order valence-electron chi connectivity index (χ3n) is 8.70. The van der Waals surface area contributed by atoms with E-state index >= 15 is 0 Å². The van der Waals surface area contributed by atoms with Gasteiger partial charge in [0.2, 0.25) is 0 Å². The van der Waals surface area contributed by atoms with Gasteiger partial charge in [0, 0.05) is 16.2 Å². The number of aromatic nitrogens is 2. The molecule has 1 aliphatic heterocycles. The quantitative estimate of drug-likeness (QED) is 0.202. The molecular formula is C39H26N2S. The van der Waals surface area contributed by atoms with Crippen LogP contribution in [0.1, 0.15) is 12.7 Å². The summed E-state index contributed by atoms with van der Waals surface area (Å²) in [6, 6.07) is 46.8. The predicted molar refractivity (Wildman–Crippen MR) is 178 cm³/mol. The van der Waals surface area contributed by atoms with Gasteiger partial charge >= 0.3 is 0 Å². The first-order chi connectivity index (χ1) is 20.8. The Morgan fingerprint density at radius 1 is 0.571 bits per heavy atom. The number of fused-ring (bicyclic) bond motifs is 5. The van der Waals surface area contributed by atoms with Crippen LogP contribution < -0.4 is 0 Å². The van der Waals surface area contributed by atoms with Crippen LogP contribution in [0, 0.1) is 0 Å². The average Bonchev–Trinajstić information content (AvgIpc) is 3.44. The van der Waals surface area contributed by atoms with Crippen LogP contribution in [0.2, 0.25) is 0 Å². The van der Waals surface area contributed by atoms with Crippen molar-refractivity contribution in [2.45, 2.75) is 23.1 Å². The minimum absolute atomic E-state index is 0.884. The molecule has 42 heavy (non-hydrogen) atoms. The largest absolute Gasteiger partial charge is 0.294 e. The van der Waals surface area contributed by atoms with Gasteiger partial charge in [0.1, 0.15) is 5.82 Å². The third-order valence-corrected chi connectivity index (χ3v) is 9.82. The fraction of sp³-hybridized carbons (Fsp3) is 0.0513. The van der Waals surface area contributed by atoms with Gasteiger partial charge in [-0.15, -0.1) is 0 Å². The van der Waals surface area contributed by atoms with E-state index in [0.29, 0.717) is 0 Å². The molecule has 0 aliphatic carbocycles. The zero-order valence-electron chi connectivity index (χ0n) is 23.1. The van der Waals surface area contributed by atoms with Crippen LogP contribution in [-0.2, 0) is 6.42 Å². The second kappa shape index (κ2) is 9.07. The van der Waals surface area contributed by atoms with Crippen molar-refractivity contribution in [3.63, 3.8) is 0 Å². The number of hydrogen-bond acceptors (Lipinski definition) is 2. The van der Waals surface area contributed by atoms with Gasteiger partial charge in [0.05, 0.1) is 16.7 Å². The van der Waals surface area contributed by atoms with E-state index in [9.17, 15) is 0 Å². The summed E-state index contributed by atoms with van der Waals surface area (Å²) in [5, 5.41) is 7.62. The summed E-state index contributed by atoms with van der Waals surface area (Å²) in [5.74, 6) is 1.11. The molecular weight excluding hydrogens is 529 g/mol. The molecule has 8 aromatic rings. The first-order valence-electron chi connectivity index (χ1n) is 14.5. The number of aryl methyl sites for hydroxylation is 1. The van der Waals surface area contributed by atoms with Crippen molar-refractivity contribution in [2.24, 2.45) is 0 Å². The van der Waals surface area contributed by atoms with Crippen LogP contribution in [0.5, 0.6) is 0 Å². The zero-order chi connectivity index (χ0) is 27.8. The average molecular weight is 555 g/mol. The molecule has 2 heterocycles. The van der Waals surface area contributed by atoms with Crippen molar-refractivity contribution in [1.82, 2.24) is 9.55 Å². The molecule has 2 nitrogen and oxygen atoms in total. The SMILES string of the molecule is CCc1nc2cccc3c2n1-c1cc(-c2c4ccccc4c(-c4ccc5ccccc5c4)c4ccccc24)ccc1S3. The maximum Gasteiger partial charge on any atom is 0.114 e. The van der Waals surface area contributed by atoms with Crippen LogP contribution in [0.3, 0.4) is 0 Å². The molecule has 0 bridgehead atoms. The molecule has 1 aromatic heterocycles. The Kier molecular flexibility index (Phi) is 5.14. The molecule has 0 unspecified atom stereocenters. The van der Waals surface area contributed by atoms with Gasteiger partial charge in [-0.25, -0.2) is 4.98 Å². The van der Waals surface area contributed by atoms with Gasteiger partial charge in [-0.3, -0.25) is 4.57 Å². The second-order valence-electron chi connectivity index (χ2n) is 11.0. The summed E-state index contributed by atoms with van der Waals surface area (Å²) in [6.07, 6.45) is 0.884. The minimum Gasteiger partial charge on any atom is -0.294 e. The summed E-state index contributed by atoms with van der Waals surface area (Å²) in [7, 11) is 0. The predicted octanol–water partition coefficient (Wildman–Crippen LogP) is 10.8. The Morgan fingerprint density at radius 3 is 1.88 bits per heavy atom. The van der Waals surface area contributed by atoms with Gasteiger partial charge < -0.3 is 0 Å². The molecule has 0 saturated carbocycles. The van der Waals surface area contributed by atoms with Gasteiger partial charge in [0.25, 0.3) is 0 Å². The summed E-state index contributed by atoms with van der Waals surface area (Å²) in [4.78, 5) is 7.57. The number of rotatable bonds is 3. The third kappa shape index (κ3) is 3.38. The molecule has 198 valence electrons. The summed E-state index contributed by atoms with van der Waals surface area (Å²) in [6.45, 7) is 2.20.